The summed E-state index contributed by atoms with van der Waals surface area (Å²) in [6.07, 6.45) is 6.72. The number of nitrogens with zero attached hydrogens (tertiary/aromatic N) is 5. The van der Waals surface area contributed by atoms with Crippen molar-refractivity contribution in [3.05, 3.63) is 65.9 Å². The molecule has 3 aliphatic rings. The van der Waals surface area contributed by atoms with Crippen molar-refractivity contribution < 1.29 is 19.0 Å². The molecule has 6 rings (SSSR count). The fraction of sp³-hybridized carbons (Fsp3) is 0.391. The molecule has 0 spiro atoms. The highest BCUT2D eigenvalue weighted by Crippen LogP contribution is 2.42. The number of aryl methyl sites for hydroxylation is 1. The molecule has 32 heavy (non-hydrogen) atoms. The van der Waals surface area contributed by atoms with Crippen molar-refractivity contribution in [1.82, 2.24) is 24.9 Å². The Morgan fingerprint density at radius 1 is 1.22 bits per heavy atom. The van der Waals surface area contributed by atoms with Crippen molar-refractivity contribution in [2.24, 2.45) is 5.92 Å². The van der Waals surface area contributed by atoms with E-state index in [0.717, 1.165) is 29.6 Å². The van der Waals surface area contributed by atoms with Crippen LogP contribution in [0.1, 0.15) is 35.2 Å². The third-order valence-electron chi connectivity index (χ3n) is 6.47. The van der Waals surface area contributed by atoms with Crippen molar-refractivity contribution in [3.63, 3.8) is 0 Å². The lowest BCUT2D eigenvalue weighted by Crippen LogP contribution is -2.65. The van der Waals surface area contributed by atoms with Gasteiger partial charge in [-0.05, 0) is 49.8 Å². The van der Waals surface area contributed by atoms with E-state index in [0.29, 0.717) is 5.88 Å². The maximum Gasteiger partial charge on any atom is 0.256 e. The van der Waals surface area contributed by atoms with Crippen LogP contribution >= 0.6 is 0 Å². The molecule has 4 atom stereocenters. The minimum absolute atomic E-state index is 0.00157. The van der Waals surface area contributed by atoms with Crippen molar-refractivity contribution in [1.29, 1.82) is 0 Å². The third-order valence-corrected chi connectivity index (χ3v) is 6.47. The minimum Gasteiger partial charge on any atom is -0.472 e. The number of ether oxygens (including phenoxy) is 1. The summed E-state index contributed by atoms with van der Waals surface area (Å²) in [4.78, 5) is 20.9. The third kappa shape index (κ3) is 3.52. The molecule has 4 heterocycles. The zero-order valence-electron chi connectivity index (χ0n) is 17.6. The van der Waals surface area contributed by atoms with Gasteiger partial charge in [0.05, 0.1) is 36.6 Å². The number of pyridine rings is 1. The molecule has 1 amide bonds. The maximum absolute atomic E-state index is 14.8. The number of para-hydroxylation sites is 1. The largest absolute Gasteiger partial charge is 0.472 e. The molecular formula is C23H24FN5O3. The van der Waals surface area contributed by atoms with E-state index in [1.807, 2.05) is 19.1 Å². The van der Waals surface area contributed by atoms with E-state index in [9.17, 15) is 14.3 Å². The molecule has 2 saturated heterocycles. The summed E-state index contributed by atoms with van der Waals surface area (Å²) in [6.45, 7) is 1.80. The molecule has 4 unspecified atom stereocenters. The molecule has 1 N–H and O–H groups in total. The zero-order valence-corrected chi connectivity index (χ0v) is 17.6. The van der Waals surface area contributed by atoms with E-state index in [2.05, 4.69) is 15.2 Å². The maximum atomic E-state index is 14.8. The first-order valence-electron chi connectivity index (χ1n) is 10.7. The molecule has 3 fully saturated rings. The van der Waals surface area contributed by atoms with E-state index in [4.69, 9.17) is 4.74 Å². The topological polar surface area (TPSA) is 93.4 Å². The van der Waals surface area contributed by atoms with Gasteiger partial charge < -0.3 is 14.7 Å². The van der Waals surface area contributed by atoms with Crippen LogP contribution in [0.3, 0.4) is 0 Å². The lowest BCUT2D eigenvalue weighted by atomic mass is 9.72. The number of amides is 1. The molecule has 2 aliphatic heterocycles. The van der Waals surface area contributed by atoms with E-state index in [1.165, 1.54) is 24.5 Å². The fourth-order valence-corrected chi connectivity index (χ4v) is 4.99. The molecule has 0 radical (unpaired) electrons. The summed E-state index contributed by atoms with van der Waals surface area (Å²) in [6, 6.07) is 7.48. The van der Waals surface area contributed by atoms with E-state index in [-0.39, 0.29) is 47.9 Å². The average Bonchev–Trinajstić information content (AvgIpc) is 3.34. The molecule has 166 valence electrons. The lowest BCUT2D eigenvalue weighted by molar-refractivity contribution is -0.0779. The van der Waals surface area contributed by atoms with Crippen molar-refractivity contribution in [2.45, 2.75) is 44.4 Å². The Balaban J connectivity index is 1.50. The van der Waals surface area contributed by atoms with Crippen LogP contribution in [0.15, 0.2) is 48.9 Å². The Bertz CT molecular complexity index is 1110. The van der Waals surface area contributed by atoms with Gasteiger partial charge in [-0.3, -0.25) is 4.79 Å². The van der Waals surface area contributed by atoms with Crippen LogP contribution in [-0.4, -0.2) is 60.7 Å². The van der Waals surface area contributed by atoms with Crippen LogP contribution in [0, 0.1) is 18.7 Å². The summed E-state index contributed by atoms with van der Waals surface area (Å²) in [7, 11) is 0. The molecule has 2 bridgehead atoms. The normalized spacial score (nSPS) is 24.5. The molecule has 1 saturated carbocycles. The Morgan fingerprint density at radius 3 is 2.75 bits per heavy atom. The van der Waals surface area contributed by atoms with Gasteiger partial charge in [0.1, 0.15) is 11.8 Å². The quantitative estimate of drug-likeness (QED) is 0.659. The van der Waals surface area contributed by atoms with Gasteiger partial charge in [-0.2, -0.15) is 10.2 Å². The average molecular weight is 437 g/mol. The fourth-order valence-electron chi connectivity index (χ4n) is 4.99. The second kappa shape index (κ2) is 8.31. The van der Waals surface area contributed by atoms with E-state index < -0.39 is 5.82 Å². The number of halogens is 1. The first kappa shape index (κ1) is 20.6. The standard InChI is InChI=1S/C23H24FN5O3/c1-14-5-8-21(25-12-14)32-20-11-15-6-7-18(20)28(19(15)13-30)23(31)16-3-2-4-17(24)22(16)29-26-9-10-27-29/h2-5,8-10,12,15,18-20,30H,6-7,11,13H2,1H3. The van der Waals surface area contributed by atoms with Gasteiger partial charge in [0.15, 0.2) is 5.82 Å². The SMILES string of the molecule is Cc1ccc(OC2CC3CCC2N(C(=O)c2cccc(F)c2-n2nccn2)C3CO)nc1. The molecule has 1 aromatic carbocycles. The summed E-state index contributed by atoms with van der Waals surface area (Å²) >= 11 is 0. The number of piperidine rings is 2. The van der Waals surface area contributed by atoms with Gasteiger partial charge in [0, 0.05) is 12.3 Å². The van der Waals surface area contributed by atoms with Gasteiger partial charge in [-0.25, -0.2) is 9.37 Å². The van der Waals surface area contributed by atoms with Crippen molar-refractivity contribution in [2.75, 3.05) is 6.61 Å². The highest BCUT2D eigenvalue weighted by Gasteiger charge is 2.50. The van der Waals surface area contributed by atoms with Crippen LogP contribution < -0.4 is 4.74 Å². The summed E-state index contributed by atoms with van der Waals surface area (Å²) in [5.74, 6) is -0.361. The number of benzene rings is 1. The van der Waals surface area contributed by atoms with Gasteiger partial charge >= 0.3 is 0 Å². The van der Waals surface area contributed by atoms with Gasteiger partial charge in [0.2, 0.25) is 5.88 Å². The summed E-state index contributed by atoms with van der Waals surface area (Å²) in [5, 5.41) is 18.2. The predicted molar refractivity (Wildman–Crippen MR) is 113 cm³/mol. The Morgan fingerprint density at radius 2 is 2.03 bits per heavy atom. The highest BCUT2D eigenvalue weighted by atomic mass is 19.1. The number of carbonyl (C=O) groups is 1. The molecule has 8 nitrogen and oxygen atoms in total. The first-order chi connectivity index (χ1) is 15.6. The number of fused-ring (bicyclic) bond motifs is 3. The zero-order chi connectivity index (χ0) is 22.2. The Labute approximate surface area is 184 Å². The number of rotatable bonds is 5. The number of carbonyl (C=O) groups excluding carboxylic acids is 1. The van der Waals surface area contributed by atoms with E-state index in [1.54, 1.807) is 17.2 Å². The number of aliphatic hydroxyl groups excluding tert-OH is 1. The summed E-state index contributed by atoms with van der Waals surface area (Å²) in [5.41, 5.74) is 1.18. The Kier molecular flexibility index (Phi) is 5.34. The second-order valence-corrected chi connectivity index (χ2v) is 8.39. The molecular weight excluding hydrogens is 413 g/mol. The van der Waals surface area contributed by atoms with Crippen LogP contribution in [-0.2, 0) is 0 Å². The monoisotopic (exact) mass is 437 g/mol. The number of aromatic nitrogens is 4. The van der Waals surface area contributed by atoms with Crippen LogP contribution in [0.25, 0.3) is 5.69 Å². The molecule has 1 aliphatic carbocycles. The van der Waals surface area contributed by atoms with Crippen molar-refractivity contribution >= 4 is 5.91 Å². The Hall–Kier alpha value is -3.33. The number of aliphatic hydroxyl groups is 1. The van der Waals surface area contributed by atoms with E-state index >= 15 is 0 Å². The van der Waals surface area contributed by atoms with Crippen molar-refractivity contribution in [3.8, 4) is 11.6 Å². The predicted octanol–water partition coefficient (Wildman–Crippen LogP) is 2.54. The minimum atomic E-state index is -0.591. The highest BCUT2D eigenvalue weighted by molar-refractivity contribution is 5.98. The number of hydrogen-bond acceptors (Lipinski definition) is 6. The summed E-state index contributed by atoms with van der Waals surface area (Å²) < 4.78 is 20.9. The molecule has 3 aromatic rings. The second-order valence-electron chi connectivity index (χ2n) is 8.39. The van der Waals surface area contributed by atoms with Gasteiger partial charge in [-0.1, -0.05) is 12.1 Å². The molecule has 2 aromatic heterocycles. The lowest BCUT2D eigenvalue weighted by Gasteiger charge is -2.54. The van der Waals surface area contributed by atoms with Crippen LogP contribution in [0.2, 0.25) is 0 Å². The van der Waals surface area contributed by atoms with Crippen LogP contribution in [0.4, 0.5) is 4.39 Å². The molecule has 9 heteroatoms. The first-order valence-corrected chi connectivity index (χ1v) is 10.7. The van der Waals surface area contributed by atoms with Gasteiger partial charge in [-0.15, -0.1) is 4.80 Å². The van der Waals surface area contributed by atoms with Crippen LogP contribution in [0.5, 0.6) is 5.88 Å². The van der Waals surface area contributed by atoms with Gasteiger partial charge in [0.25, 0.3) is 5.91 Å². The number of hydrogen-bond donors (Lipinski definition) is 1. The smallest absolute Gasteiger partial charge is 0.256 e.